The molecule has 0 heterocycles. The molecule has 0 amide bonds. The van der Waals surface area contributed by atoms with Crippen molar-refractivity contribution in [2.24, 2.45) is 0 Å². The van der Waals surface area contributed by atoms with E-state index in [4.69, 9.17) is 9.47 Å². The first-order valence-electron chi connectivity index (χ1n) is 5.57. The minimum absolute atomic E-state index is 0. The number of hydrogen-bond donors (Lipinski definition) is 0. The van der Waals surface area contributed by atoms with Crippen molar-refractivity contribution in [2.75, 3.05) is 14.2 Å². The molecule has 0 fully saturated rings. The Balaban J connectivity index is 0.00000180. The van der Waals surface area contributed by atoms with E-state index in [1.54, 1.807) is 62.8 Å². The molecule has 0 N–H and O–H groups in total. The molecule has 93 valence electrons. The molecular formula is C15H14NaO3. The zero-order valence-electron chi connectivity index (χ0n) is 11.3. The molecule has 0 unspecified atom stereocenters. The van der Waals surface area contributed by atoms with Crippen LogP contribution >= 0.6 is 0 Å². The molecule has 19 heavy (non-hydrogen) atoms. The van der Waals surface area contributed by atoms with Crippen LogP contribution in [0.5, 0.6) is 11.5 Å². The van der Waals surface area contributed by atoms with Crippen molar-refractivity contribution in [3.63, 3.8) is 0 Å². The normalized spacial score (nSPS) is 9.37. The first-order valence-corrected chi connectivity index (χ1v) is 5.57. The molecule has 0 saturated heterocycles. The Morgan fingerprint density at radius 2 is 1.05 bits per heavy atom. The molecule has 3 nitrogen and oxygen atoms in total. The third kappa shape index (κ3) is 3.83. The van der Waals surface area contributed by atoms with Gasteiger partial charge in [-0.25, -0.2) is 0 Å². The summed E-state index contributed by atoms with van der Waals surface area (Å²) < 4.78 is 10.1. The summed E-state index contributed by atoms with van der Waals surface area (Å²) in [5.74, 6) is 1.46. The smallest absolute Gasteiger partial charge is 0.193 e. The van der Waals surface area contributed by atoms with Crippen LogP contribution < -0.4 is 9.47 Å². The number of benzene rings is 2. The van der Waals surface area contributed by atoms with Gasteiger partial charge in [0.15, 0.2) is 5.78 Å². The summed E-state index contributed by atoms with van der Waals surface area (Å²) in [5.41, 5.74) is 1.28. The number of carbonyl (C=O) groups is 1. The van der Waals surface area contributed by atoms with E-state index in [-0.39, 0.29) is 35.3 Å². The van der Waals surface area contributed by atoms with E-state index in [1.807, 2.05) is 0 Å². The van der Waals surface area contributed by atoms with Crippen molar-refractivity contribution in [1.82, 2.24) is 0 Å². The van der Waals surface area contributed by atoms with Crippen molar-refractivity contribution < 1.29 is 14.3 Å². The number of ether oxygens (including phenoxy) is 2. The van der Waals surface area contributed by atoms with Crippen LogP contribution in [0.15, 0.2) is 48.5 Å². The summed E-state index contributed by atoms with van der Waals surface area (Å²) >= 11 is 0. The van der Waals surface area contributed by atoms with Gasteiger partial charge in [0.05, 0.1) is 14.2 Å². The number of rotatable bonds is 4. The first kappa shape index (κ1) is 15.8. The van der Waals surface area contributed by atoms with Gasteiger partial charge in [0.25, 0.3) is 0 Å². The number of methoxy groups -OCH3 is 2. The SMILES string of the molecule is COc1ccc(C(=O)c2ccc(OC)cc2)cc1.[Na]. The molecule has 2 aromatic rings. The van der Waals surface area contributed by atoms with Crippen molar-refractivity contribution in [3.05, 3.63) is 59.7 Å². The van der Waals surface area contributed by atoms with Crippen LogP contribution in [-0.2, 0) is 0 Å². The Kier molecular flexibility index (Phi) is 6.09. The van der Waals surface area contributed by atoms with Gasteiger partial charge in [-0.1, -0.05) is 0 Å². The van der Waals surface area contributed by atoms with E-state index in [1.165, 1.54) is 0 Å². The largest absolute Gasteiger partial charge is 0.497 e. The van der Waals surface area contributed by atoms with Crippen molar-refractivity contribution in [3.8, 4) is 11.5 Å². The van der Waals surface area contributed by atoms with Crippen molar-refractivity contribution >= 4 is 35.3 Å². The van der Waals surface area contributed by atoms with Gasteiger partial charge in [0.2, 0.25) is 0 Å². The van der Waals surface area contributed by atoms with Crippen LogP contribution in [-0.4, -0.2) is 49.6 Å². The molecule has 2 aromatic carbocycles. The van der Waals surface area contributed by atoms with E-state index in [0.29, 0.717) is 11.1 Å². The maximum atomic E-state index is 12.2. The third-order valence-electron chi connectivity index (χ3n) is 2.70. The van der Waals surface area contributed by atoms with Gasteiger partial charge >= 0.3 is 0 Å². The molecule has 2 rings (SSSR count). The summed E-state index contributed by atoms with van der Waals surface area (Å²) in [5, 5.41) is 0. The van der Waals surface area contributed by atoms with Gasteiger partial charge in [-0.2, -0.15) is 0 Å². The number of carbonyl (C=O) groups excluding carboxylic acids is 1. The van der Waals surface area contributed by atoms with Gasteiger partial charge in [-0.3, -0.25) is 4.79 Å². The van der Waals surface area contributed by atoms with Crippen molar-refractivity contribution in [2.45, 2.75) is 0 Å². The zero-order valence-corrected chi connectivity index (χ0v) is 13.3. The maximum Gasteiger partial charge on any atom is 0.193 e. The van der Waals surface area contributed by atoms with Gasteiger partial charge in [0.1, 0.15) is 11.5 Å². The summed E-state index contributed by atoms with van der Waals surface area (Å²) in [6.07, 6.45) is 0. The summed E-state index contributed by atoms with van der Waals surface area (Å²) in [6, 6.07) is 14.1. The van der Waals surface area contributed by atoms with Crippen LogP contribution in [0.1, 0.15) is 15.9 Å². The van der Waals surface area contributed by atoms with E-state index in [9.17, 15) is 4.79 Å². The fraction of sp³-hybridized carbons (Fsp3) is 0.133. The Morgan fingerprint density at radius 1 is 0.737 bits per heavy atom. The second-order valence-electron chi connectivity index (χ2n) is 3.79. The Hall–Kier alpha value is -1.29. The fourth-order valence-electron chi connectivity index (χ4n) is 1.65. The predicted molar refractivity (Wildman–Crippen MR) is 75.2 cm³/mol. The van der Waals surface area contributed by atoms with Crippen LogP contribution in [0, 0.1) is 0 Å². The van der Waals surface area contributed by atoms with Crippen LogP contribution in [0.25, 0.3) is 0 Å². The van der Waals surface area contributed by atoms with Gasteiger partial charge in [-0.15, -0.1) is 0 Å². The molecule has 0 aromatic heterocycles. The van der Waals surface area contributed by atoms with Crippen LogP contribution in [0.3, 0.4) is 0 Å². The molecule has 0 saturated carbocycles. The summed E-state index contributed by atoms with van der Waals surface area (Å²) in [7, 11) is 3.20. The number of ketones is 1. The minimum Gasteiger partial charge on any atom is -0.497 e. The summed E-state index contributed by atoms with van der Waals surface area (Å²) in [6.45, 7) is 0. The van der Waals surface area contributed by atoms with E-state index >= 15 is 0 Å². The molecule has 0 bridgehead atoms. The molecule has 0 atom stereocenters. The second-order valence-corrected chi connectivity index (χ2v) is 3.79. The Labute approximate surface area is 134 Å². The second kappa shape index (κ2) is 7.34. The molecule has 0 aliphatic heterocycles. The minimum atomic E-state index is -0.0136. The predicted octanol–water partition coefficient (Wildman–Crippen LogP) is 2.55. The van der Waals surface area contributed by atoms with Gasteiger partial charge in [0, 0.05) is 40.7 Å². The average molecular weight is 265 g/mol. The molecule has 0 spiro atoms. The van der Waals surface area contributed by atoms with Gasteiger partial charge < -0.3 is 9.47 Å². The Bertz CT molecular complexity index is 483. The topological polar surface area (TPSA) is 35.5 Å². The first-order chi connectivity index (χ1) is 8.74. The average Bonchev–Trinajstić information content (AvgIpc) is 2.47. The van der Waals surface area contributed by atoms with E-state index in [2.05, 4.69) is 0 Å². The van der Waals surface area contributed by atoms with Crippen LogP contribution in [0.4, 0.5) is 0 Å². The quantitative estimate of drug-likeness (QED) is 0.629. The number of hydrogen-bond acceptors (Lipinski definition) is 3. The fourth-order valence-corrected chi connectivity index (χ4v) is 1.65. The van der Waals surface area contributed by atoms with E-state index < -0.39 is 0 Å². The molecule has 0 aliphatic carbocycles. The standard InChI is InChI=1S/C15H14O3.Na/c1-17-13-7-3-11(4-8-13)15(16)12-5-9-14(18-2)10-6-12;/h3-10H,1-2H3;. The maximum absolute atomic E-state index is 12.2. The Morgan fingerprint density at radius 3 is 1.32 bits per heavy atom. The molecule has 0 aliphatic rings. The summed E-state index contributed by atoms with van der Waals surface area (Å²) in [4.78, 5) is 12.2. The molecule has 4 heteroatoms. The van der Waals surface area contributed by atoms with Gasteiger partial charge in [-0.05, 0) is 48.5 Å². The molecular weight excluding hydrogens is 251 g/mol. The monoisotopic (exact) mass is 265 g/mol. The van der Waals surface area contributed by atoms with Crippen molar-refractivity contribution in [1.29, 1.82) is 0 Å². The van der Waals surface area contributed by atoms with E-state index in [0.717, 1.165) is 11.5 Å². The van der Waals surface area contributed by atoms with Crippen LogP contribution in [0.2, 0.25) is 0 Å². The zero-order chi connectivity index (χ0) is 13.0. The molecule has 1 radical (unpaired) electrons. The third-order valence-corrected chi connectivity index (χ3v) is 2.70.